The number of pyridine rings is 1. The lowest BCUT2D eigenvalue weighted by Gasteiger charge is -2.17. The second-order valence-electron chi connectivity index (χ2n) is 8.57. The van der Waals surface area contributed by atoms with Gasteiger partial charge in [0.05, 0.1) is 6.54 Å². The van der Waals surface area contributed by atoms with Crippen LogP contribution < -0.4 is 21.4 Å². The zero-order valence-corrected chi connectivity index (χ0v) is 20.3. The molecule has 0 atom stereocenters. The van der Waals surface area contributed by atoms with Crippen LogP contribution in [0, 0.1) is 12.7 Å². The lowest BCUT2D eigenvalue weighted by Crippen LogP contribution is -2.43. The van der Waals surface area contributed by atoms with Crippen LogP contribution in [0.3, 0.4) is 0 Å². The summed E-state index contributed by atoms with van der Waals surface area (Å²) in [4.78, 5) is 44.8. The van der Waals surface area contributed by atoms with Crippen molar-refractivity contribution in [2.45, 2.75) is 33.4 Å². The summed E-state index contributed by atoms with van der Waals surface area (Å²) in [6.07, 6.45) is 0. The van der Waals surface area contributed by atoms with E-state index >= 15 is 0 Å². The van der Waals surface area contributed by atoms with Crippen molar-refractivity contribution in [1.82, 2.24) is 19.1 Å². The van der Waals surface area contributed by atoms with Gasteiger partial charge < -0.3 is 15.2 Å². The number of benzene rings is 2. The molecule has 2 heterocycles. The maximum Gasteiger partial charge on any atom is 0.355 e. The molecular weight excluding hydrogens is 481 g/mol. The number of hydrogen-bond donors (Lipinski definition) is 2. The Morgan fingerprint density at radius 3 is 2.46 bits per heavy atom. The number of anilines is 2. The molecule has 0 amide bonds. The number of aromatic nitrogens is 4. The van der Waals surface area contributed by atoms with Crippen molar-refractivity contribution in [3.63, 3.8) is 0 Å². The summed E-state index contributed by atoms with van der Waals surface area (Å²) < 4.78 is 22.6. The fourth-order valence-corrected chi connectivity index (χ4v) is 3.56. The number of ether oxygens (including phenoxy) is 1. The Kier molecular flexibility index (Phi) is 7.14. The maximum absolute atomic E-state index is 14.8. The number of aryl methyl sites for hydroxylation is 1. The minimum atomic E-state index is -1.24. The zero-order chi connectivity index (χ0) is 26.7. The molecule has 0 saturated heterocycles. The molecule has 0 aliphatic rings. The van der Waals surface area contributed by atoms with Gasteiger partial charge in [0.25, 0.3) is 0 Å². The Morgan fingerprint density at radius 1 is 1.08 bits per heavy atom. The summed E-state index contributed by atoms with van der Waals surface area (Å²) in [6.45, 7) is 5.51. The Hall–Kier alpha value is -4.80. The van der Waals surface area contributed by atoms with Crippen molar-refractivity contribution in [3.05, 3.63) is 104 Å². The molecule has 2 N–H and O–H groups in total. The molecule has 37 heavy (non-hydrogen) atoms. The van der Waals surface area contributed by atoms with Crippen molar-refractivity contribution in [1.29, 1.82) is 0 Å². The van der Waals surface area contributed by atoms with Crippen LogP contribution in [0.25, 0.3) is 0 Å². The Labute approximate surface area is 210 Å². The molecule has 10 nitrogen and oxygen atoms in total. The van der Waals surface area contributed by atoms with Crippen molar-refractivity contribution < 1.29 is 19.0 Å². The van der Waals surface area contributed by atoms with E-state index in [0.29, 0.717) is 0 Å². The van der Waals surface area contributed by atoms with Crippen LogP contribution in [-0.2, 0) is 6.54 Å². The molecule has 2 aromatic heterocycles. The van der Waals surface area contributed by atoms with Crippen LogP contribution in [0.4, 0.5) is 16.0 Å². The normalized spacial score (nSPS) is 10.9. The number of carboxylic acids is 1. The highest BCUT2D eigenvalue weighted by atomic mass is 19.1. The molecular formula is C26H24FN5O5. The minimum absolute atomic E-state index is 0.0450. The smallest absolute Gasteiger partial charge is 0.355 e. The van der Waals surface area contributed by atoms with Crippen molar-refractivity contribution in [2.75, 3.05) is 5.32 Å². The topological polar surface area (TPSA) is 128 Å². The van der Waals surface area contributed by atoms with E-state index in [2.05, 4.69) is 15.3 Å². The number of nitrogens with zero attached hydrogens (tertiary/aromatic N) is 4. The largest absolute Gasteiger partial charge is 0.477 e. The van der Waals surface area contributed by atoms with E-state index in [0.717, 1.165) is 21.8 Å². The summed E-state index contributed by atoms with van der Waals surface area (Å²) in [6, 6.07) is 15.1. The third kappa shape index (κ3) is 5.72. The van der Waals surface area contributed by atoms with Crippen LogP contribution in [0.15, 0.2) is 70.3 Å². The standard InChI is InChI=1S/C26H24FN5O5/c1-15(2)32-25(35)30-24(31(26(32)36)14-17-9-7-16(3)8-10-17)28-18-11-12-21(19(27)13-18)37-22-6-4-5-20(29-22)23(33)34/h4-13,15H,14H2,1-3H3,(H,33,34)(H,28,30,35). The molecule has 0 saturated carbocycles. The molecule has 0 unspecified atom stereocenters. The van der Waals surface area contributed by atoms with E-state index in [9.17, 15) is 18.8 Å². The van der Waals surface area contributed by atoms with Gasteiger partial charge in [0, 0.05) is 23.9 Å². The van der Waals surface area contributed by atoms with Gasteiger partial charge in [0.15, 0.2) is 17.3 Å². The highest BCUT2D eigenvalue weighted by Crippen LogP contribution is 2.27. The summed E-state index contributed by atoms with van der Waals surface area (Å²) in [5.74, 6) is -2.35. The molecule has 0 aliphatic heterocycles. The molecule has 0 spiro atoms. The molecule has 2 aromatic carbocycles. The van der Waals surface area contributed by atoms with Gasteiger partial charge in [0.1, 0.15) is 0 Å². The molecule has 11 heteroatoms. The van der Waals surface area contributed by atoms with Gasteiger partial charge in [-0.2, -0.15) is 4.98 Å². The predicted molar refractivity (Wildman–Crippen MR) is 134 cm³/mol. The molecule has 0 aliphatic carbocycles. The first kappa shape index (κ1) is 25.3. The lowest BCUT2D eigenvalue weighted by molar-refractivity contribution is 0.0689. The van der Waals surface area contributed by atoms with Gasteiger partial charge in [-0.05, 0) is 44.5 Å². The monoisotopic (exact) mass is 505 g/mol. The second kappa shape index (κ2) is 10.4. The third-order valence-corrected chi connectivity index (χ3v) is 5.42. The minimum Gasteiger partial charge on any atom is -0.477 e. The van der Waals surface area contributed by atoms with Gasteiger partial charge in [-0.3, -0.25) is 4.57 Å². The lowest BCUT2D eigenvalue weighted by atomic mass is 10.1. The van der Waals surface area contributed by atoms with Crippen molar-refractivity contribution >= 4 is 17.6 Å². The van der Waals surface area contributed by atoms with Crippen molar-refractivity contribution in [3.8, 4) is 11.6 Å². The Morgan fingerprint density at radius 2 is 1.81 bits per heavy atom. The van der Waals surface area contributed by atoms with Gasteiger partial charge in [-0.15, -0.1) is 0 Å². The maximum atomic E-state index is 14.8. The number of carboxylic acid groups (broad SMARTS) is 1. The summed E-state index contributed by atoms with van der Waals surface area (Å²) in [5.41, 5.74) is 0.559. The Balaban J connectivity index is 1.66. The number of halogens is 1. The number of rotatable bonds is 8. The summed E-state index contributed by atoms with van der Waals surface area (Å²) in [7, 11) is 0. The van der Waals surface area contributed by atoms with Gasteiger partial charge in [0.2, 0.25) is 11.8 Å². The molecule has 4 aromatic rings. The zero-order valence-electron chi connectivity index (χ0n) is 20.3. The first-order valence-electron chi connectivity index (χ1n) is 11.4. The average molecular weight is 506 g/mol. The van der Waals surface area contributed by atoms with Gasteiger partial charge >= 0.3 is 17.3 Å². The van der Waals surface area contributed by atoms with Gasteiger partial charge in [-0.1, -0.05) is 35.9 Å². The Bertz CT molecular complexity index is 1580. The van der Waals surface area contributed by atoms with E-state index < -0.39 is 29.2 Å². The molecule has 0 fully saturated rings. The van der Waals surface area contributed by atoms with E-state index in [-0.39, 0.29) is 35.5 Å². The van der Waals surface area contributed by atoms with Crippen LogP contribution in [0.1, 0.15) is 41.5 Å². The van der Waals surface area contributed by atoms with Crippen LogP contribution in [0.2, 0.25) is 0 Å². The second-order valence-corrected chi connectivity index (χ2v) is 8.57. The highest BCUT2D eigenvalue weighted by molar-refractivity contribution is 5.85. The van der Waals surface area contributed by atoms with E-state index in [4.69, 9.17) is 9.84 Å². The van der Waals surface area contributed by atoms with Crippen LogP contribution in [0.5, 0.6) is 11.6 Å². The highest BCUT2D eigenvalue weighted by Gasteiger charge is 2.17. The fraction of sp³-hybridized carbons (Fsp3) is 0.192. The first-order chi connectivity index (χ1) is 17.6. The average Bonchev–Trinajstić information content (AvgIpc) is 2.84. The summed E-state index contributed by atoms with van der Waals surface area (Å²) in [5, 5.41) is 11.9. The van der Waals surface area contributed by atoms with E-state index in [1.807, 2.05) is 31.2 Å². The third-order valence-electron chi connectivity index (χ3n) is 5.42. The first-order valence-corrected chi connectivity index (χ1v) is 11.4. The summed E-state index contributed by atoms with van der Waals surface area (Å²) >= 11 is 0. The molecule has 0 bridgehead atoms. The quantitative estimate of drug-likeness (QED) is 0.366. The number of nitrogens with one attached hydrogen (secondary N) is 1. The van der Waals surface area contributed by atoms with Gasteiger partial charge in [-0.25, -0.2) is 28.3 Å². The number of aromatic carboxylic acids is 1. The molecule has 190 valence electrons. The van der Waals surface area contributed by atoms with E-state index in [1.165, 1.54) is 34.9 Å². The van der Waals surface area contributed by atoms with Crippen LogP contribution >= 0.6 is 0 Å². The van der Waals surface area contributed by atoms with Crippen molar-refractivity contribution in [2.24, 2.45) is 0 Å². The predicted octanol–water partition coefficient (Wildman–Crippen LogP) is 4.11. The number of carbonyl (C=O) groups is 1. The van der Waals surface area contributed by atoms with E-state index in [1.54, 1.807) is 13.8 Å². The molecule has 4 rings (SSSR count). The molecule has 0 radical (unpaired) electrons. The number of hydrogen-bond acceptors (Lipinski definition) is 7. The SMILES string of the molecule is Cc1ccc(Cn2c(Nc3ccc(Oc4cccc(C(=O)O)n4)c(F)c3)nc(=O)n(C(C)C)c2=O)cc1. The fourth-order valence-electron chi connectivity index (χ4n) is 3.56. The van der Waals surface area contributed by atoms with Crippen LogP contribution in [-0.4, -0.2) is 30.2 Å².